The minimum absolute atomic E-state index is 0.200. The first-order chi connectivity index (χ1) is 11.4. The van der Waals surface area contributed by atoms with Crippen LogP contribution in [-0.2, 0) is 13.6 Å². The molecule has 8 nitrogen and oxygen atoms in total. The fraction of sp³-hybridized carbons (Fsp3) is 0.500. The predicted octanol–water partition coefficient (Wildman–Crippen LogP) is 1.39. The van der Waals surface area contributed by atoms with Crippen molar-refractivity contribution in [3.8, 4) is 0 Å². The van der Waals surface area contributed by atoms with Gasteiger partial charge in [-0.3, -0.25) is 0 Å². The molecule has 0 aliphatic carbocycles. The molecule has 0 bridgehead atoms. The number of hydrogen-bond acceptors (Lipinski definition) is 5. The van der Waals surface area contributed by atoms with Crippen molar-refractivity contribution in [2.75, 3.05) is 19.0 Å². The SMILES string of the molecule is CC(CC(O)c1ccco1)NC(=O)NCc1cnc(N(C)C)n1C. The minimum atomic E-state index is -0.741. The molecule has 132 valence electrons. The Bertz CT molecular complexity index is 651. The Balaban J connectivity index is 1.78. The average molecular weight is 335 g/mol. The maximum Gasteiger partial charge on any atom is 0.315 e. The molecule has 0 saturated heterocycles. The number of rotatable bonds is 7. The molecule has 0 spiro atoms. The van der Waals surface area contributed by atoms with Gasteiger partial charge in [-0.15, -0.1) is 0 Å². The molecule has 0 fully saturated rings. The lowest BCUT2D eigenvalue weighted by molar-refractivity contribution is 0.129. The van der Waals surface area contributed by atoms with E-state index in [0.717, 1.165) is 11.6 Å². The summed E-state index contributed by atoms with van der Waals surface area (Å²) in [6.07, 6.45) is 2.88. The van der Waals surface area contributed by atoms with Crippen molar-refractivity contribution in [2.24, 2.45) is 7.05 Å². The summed E-state index contributed by atoms with van der Waals surface area (Å²) in [6, 6.07) is 2.94. The third-order valence-corrected chi connectivity index (χ3v) is 3.72. The molecule has 0 saturated carbocycles. The number of amides is 2. The molecule has 2 rings (SSSR count). The van der Waals surface area contributed by atoms with Crippen LogP contribution in [0.15, 0.2) is 29.0 Å². The van der Waals surface area contributed by atoms with E-state index in [9.17, 15) is 9.90 Å². The van der Waals surface area contributed by atoms with E-state index in [4.69, 9.17) is 4.42 Å². The first-order valence-electron chi connectivity index (χ1n) is 7.82. The van der Waals surface area contributed by atoms with Gasteiger partial charge in [0.15, 0.2) is 0 Å². The van der Waals surface area contributed by atoms with Crippen LogP contribution in [0.4, 0.5) is 10.7 Å². The Morgan fingerprint density at radius 3 is 2.83 bits per heavy atom. The topological polar surface area (TPSA) is 95.6 Å². The fourth-order valence-corrected chi connectivity index (χ4v) is 2.45. The highest BCUT2D eigenvalue weighted by atomic mass is 16.4. The number of carbonyl (C=O) groups is 1. The third-order valence-electron chi connectivity index (χ3n) is 3.72. The summed E-state index contributed by atoms with van der Waals surface area (Å²) in [5.74, 6) is 1.32. The standard InChI is InChI=1S/C16H25N5O3/c1-11(8-13(22)14-6-5-7-24-14)19-15(23)17-9-12-10-18-16(20(2)3)21(12)4/h5-7,10-11,13,22H,8-9H2,1-4H3,(H2,17,19,23). The molecular formula is C16H25N5O3. The lowest BCUT2D eigenvalue weighted by Gasteiger charge is -2.17. The number of aliphatic hydroxyl groups is 1. The van der Waals surface area contributed by atoms with Crippen molar-refractivity contribution in [3.05, 3.63) is 36.0 Å². The molecule has 3 N–H and O–H groups in total. The number of carbonyl (C=O) groups excluding carboxylic acids is 1. The molecule has 2 heterocycles. The summed E-state index contributed by atoms with van der Waals surface area (Å²) in [5, 5.41) is 15.6. The van der Waals surface area contributed by atoms with E-state index < -0.39 is 6.10 Å². The lowest BCUT2D eigenvalue weighted by atomic mass is 10.1. The van der Waals surface area contributed by atoms with Crippen LogP contribution in [-0.4, -0.2) is 40.8 Å². The van der Waals surface area contributed by atoms with Crippen molar-refractivity contribution in [3.63, 3.8) is 0 Å². The highest BCUT2D eigenvalue weighted by molar-refractivity contribution is 5.74. The van der Waals surface area contributed by atoms with Crippen molar-refractivity contribution >= 4 is 12.0 Å². The van der Waals surface area contributed by atoms with Gasteiger partial charge in [0.05, 0.1) is 24.7 Å². The van der Waals surface area contributed by atoms with Crippen molar-refractivity contribution in [1.82, 2.24) is 20.2 Å². The van der Waals surface area contributed by atoms with E-state index in [1.165, 1.54) is 6.26 Å². The quantitative estimate of drug-likeness (QED) is 0.711. The highest BCUT2D eigenvalue weighted by Crippen LogP contribution is 2.18. The zero-order valence-corrected chi connectivity index (χ0v) is 14.5. The predicted molar refractivity (Wildman–Crippen MR) is 90.7 cm³/mol. The van der Waals surface area contributed by atoms with E-state index in [2.05, 4.69) is 15.6 Å². The molecule has 0 aromatic carbocycles. The third kappa shape index (κ3) is 4.51. The molecular weight excluding hydrogens is 310 g/mol. The second-order valence-corrected chi connectivity index (χ2v) is 6.00. The van der Waals surface area contributed by atoms with Gasteiger partial charge < -0.3 is 29.6 Å². The Morgan fingerprint density at radius 1 is 1.50 bits per heavy atom. The molecule has 2 aromatic heterocycles. The summed E-state index contributed by atoms with van der Waals surface area (Å²) < 4.78 is 7.07. The molecule has 0 radical (unpaired) electrons. The molecule has 24 heavy (non-hydrogen) atoms. The van der Waals surface area contributed by atoms with Gasteiger partial charge >= 0.3 is 6.03 Å². The van der Waals surface area contributed by atoms with Gasteiger partial charge in [0.2, 0.25) is 5.95 Å². The van der Waals surface area contributed by atoms with E-state index >= 15 is 0 Å². The Morgan fingerprint density at radius 2 is 2.25 bits per heavy atom. The second-order valence-electron chi connectivity index (χ2n) is 6.00. The van der Waals surface area contributed by atoms with Gasteiger partial charge in [0.25, 0.3) is 0 Å². The molecule has 8 heteroatoms. The summed E-state index contributed by atoms with van der Waals surface area (Å²) >= 11 is 0. The van der Waals surface area contributed by atoms with Crippen LogP contribution >= 0.6 is 0 Å². The first-order valence-corrected chi connectivity index (χ1v) is 7.82. The number of aromatic nitrogens is 2. The molecule has 2 amide bonds. The minimum Gasteiger partial charge on any atom is -0.467 e. The summed E-state index contributed by atoms with van der Waals surface area (Å²) in [4.78, 5) is 18.2. The smallest absolute Gasteiger partial charge is 0.315 e. The monoisotopic (exact) mass is 335 g/mol. The number of imidazole rings is 1. The van der Waals surface area contributed by atoms with Gasteiger partial charge in [-0.05, 0) is 19.1 Å². The average Bonchev–Trinajstić information content (AvgIpc) is 3.14. The summed E-state index contributed by atoms with van der Waals surface area (Å²) in [5.41, 5.74) is 0.900. The van der Waals surface area contributed by atoms with E-state index in [1.807, 2.05) is 37.5 Å². The Hall–Kier alpha value is -2.48. The number of urea groups is 1. The van der Waals surface area contributed by atoms with Crippen LogP contribution in [0.1, 0.15) is 30.9 Å². The van der Waals surface area contributed by atoms with Crippen LogP contribution < -0.4 is 15.5 Å². The molecule has 0 aliphatic heterocycles. The van der Waals surface area contributed by atoms with Gasteiger partial charge in [0, 0.05) is 33.6 Å². The Labute approximate surface area is 141 Å². The summed E-state index contributed by atoms with van der Waals surface area (Å²) in [7, 11) is 5.73. The Kier molecular flexibility index (Phi) is 5.86. The van der Waals surface area contributed by atoms with E-state index in [1.54, 1.807) is 18.3 Å². The van der Waals surface area contributed by atoms with Gasteiger partial charge in [-0.1, -0.05) is 0 Å². The van der Waals surface area contributed by atoms with E-state index in [0.29, 0.717) is 18.7 Å². The number of nitrogens with one attached hydrogen (secondary N) is 2. The molecule has 2 atom stereocenters. The first kappa shape index (κ1) is 17.9. The molecule has 0 aliphatic rings. The maximum absolute atomic E-state index is 12.0. The van der Waals surface area contributed by atoms with Crippen LogP contribution in [0.25, 0.3) is 0 Å². The van der Waals surface area contributed by atoms with Gasteiger partial charge in [-0.2, -0.15) is 0 Å². The van der Waals surface area contributed by atoms with E-state index in [-0.39, 0.29) is 12.1 Å². The largest absolute Gasteiger partial charge is 0.467 e. The molecule has 2 aromatic rings. The number of nitrogens with zero attached hydrogens (tertiary/aromatic N) is 3. The number of aliphatic hydroxyl groups excluding tert-OH is 1. The fourth-order valence-electron chi connectivity index (χ4n) is 2.45. The lowest BCUT2D eigenvalue weighted by Crippen LogP contribution is -2.41. The van der Waals surface area contributed by atoms with Crippen LogP contribution in [0.5, 0.6) is 0 Å². The normalized spacial score (nSPS) is 13.4. The van der Waals surface area contributed by atoms with Crippen LogP contribution in [0.2, 0.25) is 0 Å². The number of hydrogen-bond donors (Lipinski definition) is 3. The molecule has 2 unspecified atom stereocenters. The number of anilines is 1. The highest BCUT2D eigenvalue weighted by Gasteiger charge is 2.16. The maximum atomic E-state index is 12.0. The van der Waals surface area contributed by atoms with Crippen molar-refractivity contribution < 1.29 is 14.3 Å². The van der Waals surface area contributed by atoms with Crippen molar-refractivity contribution in [1.29, 1.82) is 0 Å². The number of furan rings is 1. The van der Waals surface area contributed by atoms with Crippen molar-refractivity contribution in [2.45, 2.75) is 32.0 Å². The zero-order chi connectivity index (χ0) is 17.7. The van der Waals surface area contributed by atoms with Crippen LogP contribution in [0, 0.1) is 0 Å². The second kappa shape index (κ2) is 7.87. The van der Waals surface area contributed by atoms with Gasteiger partial charge in [-0.25, -0.2) is 9.78 Å². The van der Waals surface area contributed by atoms with Crippen LogP contribution in [0.3, 0.4) is 0 Å². The summed E-state index contributed by atoms with van der Waals surface area (Å²) in [6.45, 7) is 2.20. The van der Waals surface area contributed by atoms with Gasteiger partial charge in [0.1, 0.15) is 11.9 Å². The zero-order valence-electron chi connectivity index (χ0n) is 14.5.